The number of halogens is 2. The minimum Gasteiger partial charge on any atom is -0.347 e. The minimum absolute atomic E-state index is 0.0505. The monoisotopic (exact) mass is 386 g/mol. The van der Waals surface area contributed by atoms with E-state index in [2.05, 4.69) is 20.8 Å². The molecule has 1 aromatic heterocycles. The summed E-state index contributed by atoms with van der Waals surface area (Å²) in [4.78, 5) is 27.8. The third kappa shape index (κ3) is 5.19. The average Bonchev–Trinajstić information content (AvgIpc) is 3.17. The van der Waals surface area contributed by atoms with Gasteiger partial charge in [-0.15, -0.1) is 0 Å². The Hall–Kier alpha value is -3.62. The van der Waals surface area contributed by atoms with Crippen molar-refractivity contribution in [2.24, 2.45) is 0 Å². The SMILES string of the molecule is O=C(CCc1nc(-c2ccccc2)no1)NCC(=O)Nc1ccc(F)c(F)c1. The molecule has 0 aliphatic rings. The smallest absolute Gasteiger partial charge is 0.243 e. The van der Waals surface area contributed by atoms with Crippen molar-refractivity contribution in [2.75, 3.05) is 11.9 Å². The Morgan fingerprint density at radius 3 is 2.54 bits per heavy atom. The zero-order chi connectivity index (χ0) is 19.9. The van der Waals surface area contributed by atoms with Crippen LogP contribution in [-0.2, 0) is 16.0 Å². The van der Waals surface area contributed by atoms with E-state index in [1.807, 2.05) is 30.3 Å². The van der Waals surface area contributed by atoms with Crippen molar-refractivity contribution in [3.8, 4) is 11.4 Å². The van der Waals surface area contributed by atoms with Crippen LogP contribution < -0.4 is 10.6 Å². The number of hydrogen-bond acceptors (Lipinski definition) is 5. The molecule has 144 valence electrons. The zero-order valence-corrected chi connectivity index (χ0v) is 14.6. The summed E-state index contributed by atoms with van der Waals surface area (Å²) in [5, 5.41) is 8.65. The van der Waals surface area contributed by atoms with Gasteiger partial charge in [0, 0.05) is 30.2 Å². The van der Waals surface area contributed by atoms with E-state index >= 15 is 0 Å². The second-order valence-corrected chi connectivity index (χ2v) is 5.83. The fourth-order valence-electron chi connectivity index (χ4n) is 2.33. The summed E-state index contributed by atoms with van der Waals surface area (Å²) in [5.74, 6) is -2.30. The molecule has 0 saturated carbocycles. The number of aryl methyl sites for hydroxylation is 1. The standard InChI is InChI=1S/C19H16F2N4O3/c20-14-7-6-13(10-15(14)21)23-17(27)11-22-16(26)8-9-18-24-19(25-28-18)12-4-2-1-3-5-12/h1-7,10H,8-9,11H2,(H,22,26)(H,23,27). The van der Waals surface area contributed by atoms with Crippen LogP contribution in [-0.4, -0.2) is 28.5 Å². The lowest BCUT2D eigenvalue weighted by Gasteiger charge is -2.07. The Morgan fingerprint density at radius 1 is 1.00 bits per heavy atom. The molecule has 2 aromatic carbocycles. The van der Waals surface area contributed by atoms with Crippen LogP contribution in [0.1, 0.15) is 12.3 Å². The van der Waals surface area contributed by atoms with Gasteiger partial charge in [0.15, 0.2) is 11.6 Å². The lowest BCUT2D eigenvalue weighted by atomic mass is 10.2. The highest BCUT2D eigenvalue weighted by atomic mass is 19.2. The van der Waals surface area contributed by atoms with Crippen LogP contribution >= 0.6 is 0 Å². The van der Waals surface area contributed by atoms with E-state index in [-0.39, 0.29) is 31.0 Å². The van der Waals surface area contributed by atoms with Gasteiger partial charge in [0.05, 0.1) is 6.54 Å². The van der Waals surface area contributed by atoms with Gasteiger partial charge in [-0.1, -0.05) is 35.5 Å². The quantitative estimate of drug-likeness (QED) is 0.651. The van der Waals surface area contributed by atoms with Gasteiger partial charge in [-0.25, -0.2) is 8.78 Å². The molecule has 0 radical (unpaired) electrons. The number of benzene rings is 2. The van der Waals surface area contributed by atoms with E-state index in [1.165, 1.54) is 6.07 Å². The van der Waals surface area contributed by atoms with E-state index < -0.39 is 17.5 Å². The molecule has 0 bridgehead atoms. The Labute approximate surface area is 158 Å². The molecule has 2 N–H and O–H groups in total. The fraction of sp³-hybridized carbons (Fsp3) is 0.158. The number of carbonyl (C=O) groups is 2. The molecule has 0 aliphatic heterocycles. The first kappa shape index (κ1) is 19.2. The van der Waals surface area contributed by atoms with Crippen LogP contribution in [0.25, 0.3) is 11.4 Å². The highest BCUT2D eigenvalue weighted by molar-refractivity contribution is 5.94. The molecule has 0 aliphatic carbocycles. The van der Waals surface area contributed by atoms with Crippen LogP contribution in [0.5, 0.6) is 0 Å². The van der Waals surface area contributed by atoms with Crippen molar-refractivity contribution >= 4 is 17.5 Å². The van der Waals surface area contributed by atoms with Gasteiger partial charge in [0.2, 0.25) is 23.5 Å². The average molecular weight is 386 g/mol. The second-order valence-electron chi connectivity index (χ2n) is 5.83. The number of nitrogens with one attached hydrogen (secondary N) is 2. The van der Waals surface area contributed by atoms with Gasteiger partial charge in [-0.05, 0) is 12.1 Å². The number of anilines is 1. The molecule has 0 saturated heterocycles. The molecular formula is C19H16F2N4O3. The first-order chi connectivity index (χ1) is 13.5. The molecule has 3 aromatic rings. The third-order valence-corrected chi connectivity index (χ3v) is 3.72. The molecule has 0 unspecified atom stereocenters. The van der Waals surface area contributed by atoms with Crippen molar-refractivity contribution in [3.05, 3.63) is 66.1 Å². The van der Waals surface area contributed by atoms with Crippen molar-refractivity contribution in [1.82, 2.24) is 15.5 Å². The first-order valence-electron chi connectivity index (χ1n) is 8.41. The van der Waals surface area contributed by atoms with Crippen molar-refractivity contribution < 1.29 is 22.9 Å². The lowest BCUT2D eigenvalue weighted by Crippen LogP contribution is -2.33. The zero-order valence-electron chi connectivity index (χ0n) is 14.6. The summed E-state index contributed by atoms with van der Waals surface area (Å²) in [6.45, 7) is -0.309. The summed E-state index contributed by atoms with van der Waals surface area (Å²) in [6.07, 6.45) is 0.269. The Morgan fingerprint density at radius 2 is 1.79 bits per heavy atom. The van der Waals surface area contributed by atoms with E-state index in [4.69, 9.17) is 4.52 Å². The molecule has 0 atom stereocenters. The van der Waals surface area contributed by atoms with Gasteiger partial charge < -0.3 is 15.2 Å². The number of nitrogens with zero attached hydrogens (tertiary/aromatic N) is 2. The van der Waals surface area contributed by atoms with Gasteiger partial charge in [0.25, 0.3) is 0 Å². The maximum Gasteiger partial charge on any atom is 0.243 e. The molecular weight excluding hydrogens is 370 g/mol. The third-order valence-electron chi connectivity index (χ3n) is 3.72. The number of rotatable bonds is 7. The van der Waals surface area contributed by atoms with Crippen LogP contribution in [0.3, 0.4) is 0 Å². The molecule has 28 heavy (non-hydrogen) atoms. The second kappa shape index (κ2) is 8.85. The van der Waals surface area contributed by atoms with Gasteiger partial charge in [-0.3, -0.25) is 9.59 Å². The van der Waals surface area contributed by atoms with Gasteiger partial charge in [0.1, 0.15) is 0 Å². The van der Waals surface area contributed by atoms with Gasteiger partial charge >= 0.3 is 0 Å². The molecule has 3 rings (SSSR count). The summed E-state index contributed by atoms with van der Waals surface area (Å²) in [7, 11) is 0. The maximum absolute atomic E-state index is 13.1. The Kier molecular flexibility index (Phi) is 6.05. The van der Waals surface area contributed by atoms with Crippen LogP contribution in [0.2, 0.25) is 0 Å². The topological polar surface area (TPSA) is 97.1 Å². The number of amides is 2. The van der Waals surface area contributed by atoms with Crippen molar-refractivity contribution in [2.45, 2.75) is 12.8 Å². The van der Waals surface area contributed by atoms with Crippen LogP contribution in [0.15, 0.2) is 53.1 Å². The van der Waals surface area contributed by atoms with E-state index in [1.54, 1.807) is 0 Å². The van der Waals surface area contributed by atoms with Crippen LogP contribution in [0, 0.1) is 11.6 Å². The predicted molar refractivity (Wildman–Crippen MR) is 96.1 cm³/mol. The summed E-state index contributed by atoms with van der Waals surface area (Å²) < 4.78 is 31.1. The number of aromatic nitrogens is 2. The number of carbonyl (C=O) groups excluding carboxylic acids is 2. The first-order valence-corrected chi connectivity index (χ1v) is 8.41. The summed E-state index contributed by atoms with van der Waals surface area (Å²) in [5.41, 5.74) is 0.897. The largest absolute Gasteiger partial charge is 0.347 e. The van der Waals surface area contributed by atoms with E-state index in [0.29, 0.717) is 11.7 Å². The van der Waals surface area contributed by atoms with E-state index in [0.717, 1.165) is 17.7 Å². The van der Waals surface area contributed by atoms with Crippen molar-refractivity contribution in [1.29, 1.82) is 0 Å². The predicted octanol–water partition coefficient (Wildman–Crippen LogP) is 2.70. The minimum atomic E-state index is -1.07. The summed E-state index contributed by atoms with van der Waals surface area (Å²) >= 11 is 0. The molecule has 0 fully saturated rings. The highest BCUT2D eigenvalue weighted by Gasteiger charge is 2.12. The van der Waals surface area contributed by atoms with Crippen molar-refractivity contribution in [3.63, 3.8) is 0 Å². The molecule has 1 heterocycles. The number of hydrogen-bond donors (Lipinski definition) is 2. The normalized spacial score (nSPS) is 10.5. The van der Waals surface area contributed by atoms with Crippen LogP contribution in [0.4, 0.5) is 14.5 Å². The lowest BCUT2D eigenvalue weighted by molar-refractivity contribution is -0.124. The molecule has 0 spiro atoms. The molecule has 9 heteroatoms. The molecule has 7 nitrogen and oxygen atoms in total. The van der Waals surface area contributed by atoms with E-state index in [9.17, 15) is 18.4 Å². The Balaban J connectivity index is 1.42. The summed E-state index contributed by atoms with van der Waals surface area (Å²) in [6, 6.07) is 12.2. The molecule has 2 amide bonds. The van der Waals surface area contributed by atoms with Gasteiger partial charge in [-0.2, -0.15) is 4.98 Å². The highest BCUT2D eigenvalue weighted by Crippen LogP contribution is 2.15. The Bertz CT molecular complexity index is 976. The maximum atomic E-state index is 13.1. The fourth-order valence-corrected chi connectivity index (χ4v) is 2.33.